The fourth-order valence-corrected chi connectivity index (χ4v) is 4.51. The molecule has 1 saturated carbocycles. The van der Waals surface area contributed by atoms with E-state index in [9.17, 15) is 30.3 Å². The van der Waals surface area contributed by atoms with Crippen molar-refractivity contribution in [3.05, 3.63) is 45.9 Å². The summed E-state index contributed by atoms with van der Waals surface area (Å²) < 4.78 is 7.24. The number of hydrogen-bond acceptors (Lipinski definition) is 9. The molecule has 1 unspecified atom stereocenters. The van der Waals surface area contributed by atoms with Gasteiger partial charge in [0, 0.05) is 11.4 Å². The Hall–Kier alpha value is -1.77. The molecule has 1 saturated heterocycles. The minimum Gasteiger partial charge on any atom is -0.479 e. The summed E-state index contributed by atoms with van der Waals surface area (Å²) in [6.45, 7) is -0.107. The van der Waals surface area contributed by atoms with Crippen molar-refractivity contribution in [2.75, 3.05) is 0 Å². The van der Waals surface area contributed by atoms with Crippen molar-refractivity contribution < 1.29 is 39.9 Å². The number of aliphatic hydroxyl groups excluding tert-OH is 3. The molecule has 0 spiro atoms. The molecular weight excluding hydrogens is 513 g/mol. The molecular formula is C20H23Cl2N3O8S. The summed E-state index contributed by atoms with van der Waals surface area (Å²) in [5.41, 5.74) is -0.765. The van der Waals surface area contributed by atoms with Crippen LogP contribution in [0.1, 0.15) is 18.4 Å². The van der Waals surface area contributed by atoms with Gasteiger partial charge in [0.2, 0.25) is 4.77 Å². The zero-order chi connectivity index (χ0) is 24.8. The quantitative estimate of drug-likeness (QED) is 0.232. The largest absolute Gasteiger partial charge is 0.479 e. The molecule has 186 valence electrons. The van der Waals surface area contributed by atoms with Crippen molar-refractivity contribution >= 4 is 41.4 Å². The molecule has 1 aliphatic heterocycles. The second kappa shape index (κ2) is 9.36. The van der Waals surface area contributed by atoms with Gasteiger partial charge < -0.3 is 35.1 Å². The first kappa shape index (κ1) is 25.3. The molecule has 1 aromatic heterocycles. The lowest BCUT2D eigenvalue weighted by molar-refractivity contribution is -0.294. The zero-order valence-corrected chi connectivity index (χ0v) is 19.9. The van der Waals surface area contributed by atoms with E-state index in [1.165, 1.54) is 4.68 Å². The van der Waals surface area contributed by atoms with Crippen LogP contribution in [0.4, 0.5) is 0 Å². The summed E-state index contributed by atoms with van der Waals surface area (Å²) in [7, 11) is 0. The van der Waals surface area contributed by atoms with Crippen LogP contribution in [-0.2, 0) is 22.5 Å². The van der Waals surface area contributed by atoms with E-state index in [0.717, 1.165) is 11.1 Å². The molecule has 0 radical (unpaired) electrons. The number of hydrogen-bond donors (Lipinski definition) is 5. The first-order chi connectivity index (χ1) is 16.0. The first-order valence-electron chi connectivity index (χ1n) is 10.3. The third kappa shape index (κ3) is 4.69. The van der Waals surface area contributed by atoms with E-state index in [0.29, 0.717) is 23.4 Å². The van der Waals surface area contributed by atoms with E-state index in [-0.39, 0.29) is 17.7 Å². The molecule has 5 N–H and O–H groups in total. The number of aliphatic hydroxyl groups is 4. The molecule has 0 bridgehead atoms. The van der Waals surface area contributed by atoms with Gasteiger partial charge in [0.15, 0.2) is 12.4 Å². The highest BCUT2D eigenvalue weighted by atomic mass is 35.5. The minimum absolute atomic E-state index is 0.0539. The fraction of sp³-hybridized carbons (Fsp3) is 0.550. The summed E-state index contributed by atoms with van der Waals surface area (Å²) >= 11 is 18.3. The summed E-state index contributed by atoms with van der Waals surface area (Å²) in [6.07, 6.45) is -6.54. The van der Waals surface area contributed by atoms with Crippen LogP contribution < -0.4 is 4.84 Å². The minimum atomic E-state index is -1.86. The van der Waals surface area contributed by atoms with Gasteiger partial charge in [-0.05, 0) is 36.7 Å². The summed E-state index contributed by atoms with van der Waals surface area (Å²) in [5.74, 6) is -1.55. The number of nitrogens with zero attached hydrogens (tertiary/aromatic N) is 3. The Kier molecular flexibility index (Phi) is 6.97. The number of carbonyl (C=O) groups is 1. The predicted molar refractivity (Wildman–Crippen MR) is 120 cm³/mol. The smallest absolute Gasteiger partial charge is 0.335 e. The van der Waals surface area contributed by atoms with Crippen molar-refractivity contribution in [2.24, 2.45) is 0 Å². The molecule has 1 aromatic carbocycles. The Balaban J connectivity index is 1.55. The summed E-state index contributed by atoms with van der Waals surface area (Å²) in [6, 6.07) is 7.08. The highest BCUT2D eigenvalue weighted by Gasteiger charge is 2.58. The van der Waals surface area contributed by atoms with Crippen molar-refractivity contribution in [3.8, 4) is 0 Å². The summed E-state index contributed by atoms with van der Waals surface area (Å²) in [4.78, 5) is 15.8. The molecule has 4 rings (SSSR count). The average molecular weight is 536 g/mol. The molecule has 1 aliphatic carbocycles. The highest BCUT2D eigenvalue weighted by Crippen LogP contribution is 2.53. The number of benzene rings is 1. The number of halogens is 2. The van der Waals surface area contributed by atoms with E-state index in [2.05, 4.69) is 5.10 Å². The van der Waals surface area contributed by atoms with E-state index in [1.807, 2.05) is 0 Å². The Morgan fingerprint density at radius 1 is 1.26 bits per heavy atom. The predicted octanol–water partition coefficient (Wildman–Crippen LogP) is 0.133. The number of aliphatic carboxylic acids is 1. The normalized spacial score (nSPS) is 29.9. The van der Waals surface area contributed by atoms with Crippen LogP contribution in [0.15, 0.2) is 30.6 Å². The topological polar surface area (TPSA) is 159 Å². The van der Waals surface area contributed by atoms with E-state index in [1.54, 1.807) is 24.3 Å². The van der Waals surface area contributed by atoms with Crippen molar-refractivity contribution in [3.63, 3.8) is 0 Å². The maximum absolute atomic E-state index is 11.6. The SMILES string of the molecule is O=C(O)[C@@H]1O[C@@H](On2cnn(CC(O)(Cc3ccccc3Cl)C3(Cl)CC3)c2=S)[C@@H](O)[C@H](O)[C@H]1O. The third-order valence-corrected chi connectivity index (χ3v) is 7.60. The van der Waals surface area contributed by atoms with Gasteiger partial charge >= 0.3 is 5.97 Å². The van der Waals surface area contributed by atoms with Gasteiger partial charge in [0.05, 0.1) is 11.4 Å². The second-order valence-corrected chi connectivity index (χ2v) is 10.00. The standard InChI is InChI=1S/C20H23Cl2N3O8S/c21-11-4-2-1-3-10(11)7-20(31,19(22)5-6-19)8-24-18(34)25(9-23-24)33-17-14(28)12(26)13(27)15(32-17)16(29)30/h1-4,9,12-15,17,26-28,31H,5-8H2,(H,29,30)/t12-,13-,14+,15-,17+,20?/m1/s1. The lowest BCUT2D eigenvalue weighted by atomic mass is 9.89. The number of carboxylic acids is 1. The zero-order valence-electron chi connectivity index (χ0n) is 17.6. The van der Waals surface area contributed by atoms with Gasteiger partial charge in [-0.1, -0.05) is 29.8 Å². The van der Waals surface area contributed by atoms with Gasteiger partial charge in [0.1, 0.15) is 23.9 Å². The monoisotopic (exact) mass is 535 g/mol. The average Bonchev–Trinajstić information content (AvgIpc) is 3.47. The summed E-state index contributed by atoms with van der Waals surface area (Å²) in [5, 5.41) is 55.3. The molecule has 2 fully saturated rings. The van der Waals surface area contributed by atoms with Gasteiger partial charge in [-0.2, -0.15) is 5.10 Å². The van der Waals surface area contributed by atoms with Crippen molar-refractivity contribution in [1.29, 1.82) is 0 Å². The first-order valence-corrected chi connectivity index (χ1v) is 11.5. The molecule has 2 heterocycles. The number of ether oxygens (including phenoxy) is 1. The molecule has 34 heavy (non-hydrogen) atoms. The van der Waals surface area contributed by atoms with Gasteiger partial charge in [-0.3, -0.25) is 0 Å². The maximum Gasteiger partial charge on any atom is 0.335 e. The number of rotatable bonds is 8. The Morgan fingerprint density at radius 3 is 2.56 bits per heavy atom. The lowest BCUT2D eigenvalue weighted by Gasteiger charge is -2.37. The van der Waals surface area contributed by atoms with Crippen LogP contribution >= 0.6 is 35.4 Å². The van der Waals surface area contributed by atoms with E-state index < -0.39 is 47.2 Å². The van der Waals surface area contributed by atoms with Crippen LogP contribution in [0, 0.1) is 4.77 Å². The molecule has 2 aromatic rings. The second-order valence-electron chi connectivity index (χ2n) is 8.50. The van der Waals surface area contributed by atoms with Crippen LogP contribution in [-0.4, -0.2) is 87.2 Å². The molecule has 2 aliphatic rings. The maximum atomic E-state index is 11.6. The fourth-order valence-electron chi connectivity index (χ4n) is 3.89. The van der Waals surface area contributed by atoms with E-state index in [4.69, 9.17) is 45.0 Å². The van der Waals surface area contributed by atoms with E-state index >= 15 is 0 Å². The Bertz CT molecular complexity index is 1130. The highest BCUT2D eigenvalue weighted by molar-refractivity contribution is 7.71. The van der Waals surface area contributed by atoms with Crippen LogP contribution in [0.25, 0.3) is 0 Å². The Morgan fingerprint density at radius 2 is 1.94 bits per heavy atom. The molecule has 6 atom stereocenters. The molecule has 11 nitrogen and oxygen atoms in total. The van der Waals surface area contributed by atoms with Crippen LogP contribution in [0.3, 0.4) is 0 Å². The van der Waals surface area contributed by atoms with Gasteiger partial charge in [-0.15, -0.1) is 16.3 Å². The molecule has 14 heteroatoms. The number of alkyl halides is 1. The lowest BCUT2D eigenvalue weighted by Crippen LogP contribution is -2.62. The van der Waals surface area contributed by atoms with Crippen LogP contribution in [0.2, 0.25) is 5.02 Å². The van der Waals surface area contributed by atoms with Crippen molar-refractivity contribution in [2.45, 2.75) is 67.0 Å². The Labute approximate surface area is 208 Å². The third-order valence-electron chi connectivity index (χ3n) is 6.11. The van der Waals surface area contributed by atoms with Crippen molar-refractivity contribution in [1.82, 2.24) is 14.5 Å². The van der Waals surface area contributed by atoms with Gasteiger partial charge in [0.25, 0.3) is 6.29 Å². The van der Waals surface area contributed by atoms with Crippen LogP contribution in [0.5, 0.6) is 0 Å². The molecule has 0 amide bonds. The van der Waals surface area contributed by atoms with Gasteiger partial charge in [-0.25, -0.2) is 9.48 Å². The number of carboxylic acid groups (broad SMARTS) is 1. The number of aromatic nitrogens is 3.